The highest BCUT2D eigenvalue weighted by Gasteiger charge is 2.38. The maximum absolute atomic E-state index is 13.5. The van der Waals surface area contributed by atoms with E-state index >= 15 is 0 Å². The van der Waals surface area contributed by atoms with Crippen molar-refractivity contribution in [2.24, 2.45) is 0 Å². The minimum absolute atomic E-state index is 0.128. The average molecular weight is 455 g/mol. The summed E-state index contributed by atoms with van der Waals surface area (Å²) < 4.78 is 0. The summed E-state index contributed by atoms with van der Waals surface area (Å²) in [6, 6.07) is 5.92. The van der Waals surface area contributed by atoms with Crippen molar-refractivity contribution in [2.75, 3.05) is 50.9 Å². The first-order valence-corrected chi connectivity index (χ1v) is 11.1. The molecule has 1 aliphatic carbocycles. The zero-order chi connectivity index (χ0) is 23.9. The molecule has 1 aliphatic heterocycles. The lowest BCUT2D eigenvalue weighted by Gasteiger charge is -2.28. The van der Waals surface area contributed by atoms with E-state index in [2.05, 4.69) is 15.5 Å². The molecule has 1 heterocycles. The molecule has 0 radical (unpaired) electrons. The van der Waals surface area contributed by atoms with Gasteiger partial charge >= 0.3 is 0 Å². The molecule has 0 aromatic heterocycles. The van der Waals surface area contributed by atoms with Crippen LogP contribution in [-0.4, -0.2) is 89.2 Å². The van der Waals surface area contributed by atoms with Crippen molar-refractivity contribution in [3.63, 3.8) is 0 Å². The van der Waals surface area contributed by atoms with Gasteiger partial charge in [-0.05, 0) is 51.7 Å². The number of hydrogen-bond donors (Lipinski definition) is 5. The van der Waals surface area contributed by atoms with E-state index in [1.807, 2.05) is 25.9 Å². The second-order valence-electron chi connectivity index (χ2n) is 8.88. The van der Waals surface area contributed by atoms with E-state index in [-0.39, 0.29) is 46.0 Å². The number of anilines is 2. The molecule has 9 nitrogen and oxygen atoms in total. The summed E-state index contributed by atoms with van der Waals surface area (Å²) in [6.45, 7) is 4.54. The fourth-order valence-corrected chi connectivity index (χ4v) is 4.35. The van der Waals surface area contributed by atoms with Crippen LogP contribution >= 0.6 is 0 Å². The Morgan fingerprint density at radius 1 is 1.00 bits per heavy atom. The molecule has 2 unspecified atom stereocenters. The molecule has 9 heteroatoms. The van der Waals surface area contributed by atoms with E-state index in [0.29, 0.717) is 31.0 Å². The van der Waals surface area contributed by atoms with Crippen LogP contribution in [0.1, 0.15) is 45.2 Å². The first-order valence-electron chi connectivity index (χ1n) is 11.1. The van der Waals surface area contributed by atoms with E-state index in [4.69, 9.17) is 0 Å². The number of phenolic OH excluding ortho intramolecular Hbond substituents is 2. The van der Waals surface area contributed by atoms with Crippen molar-refractivity contribution in [1.82, 2.24) is 9.80 Å². The summed E-state index contributed by atoms with van der Waals surface area (Å²) in [5.74, 6) is -1.73. The number of aliphatic hydroxyl groups is 1. The molecule has 4 rings (SSSR count). The molecular weight excluding hydrogens is 424 g/mol. The Labute approximate surface area is 192 Å². The van der Waals surface area contributed by atoms with Gasteiger partial charge in [-0.2, -0.15) is 0 Å². The van der Waals surface area contributed by atoms with Gasteiger partial charge in [0, 0.05) is 37.6 Å². The zero-order valence-corrected chi connectivity index (χ0v) is 19.1. The van der Waals surface area contributed by atoms with Crippen molar-refractivity contribution < 1.29 is 24.9 Å². The number of β-amino-alcohol motifs (C(OH)–C–C–N with tert-alkyl or cyclic N) is 1. The maximum atomic E-state index is 13.5. The predicted molar refractivity (Wildman–Crippen MR) is 125 cm³/mol. The summed E-state index contributed by atoms with van der Waals surface area (Å²) >= 11 is 0. The first kappa shape index (κ1) is 23.0. The minimum Gasteiger partial charge on any atom is -0.507 e. The fourth-order valence-electron chi connectivity index (χ4n) is 4.35. The number of phenols is 2. The van der Waals surface area contributed by atoms with Gasteiger partial charge in [-0.15, -0.1) is 0 Å². The molecule has 33 heavy (non-hydrogen) atoms. The summed E-state index contributed by atoms with van der Waals surface area (Å²) in [7, 11) is 3.78. The van der Waals surface area contributed by atoms with Crippen LogP contribution in [-0.2, 0) is 0 Å². The number of carbonyl (C=O) groups excluding carboxylic acids is 2. The van der Waals surface area contributed by atoms with Crippen LogP contribution in [0.25, 0.3) is 0 Å². The second kappa shape index (κ2) is 9.01. The normalized spacial score (nSPS) is 18.9. The number of likely N-dealkylation sites (tertiary alicyclic amines) is 1. The highest BCUT2D eigenvalue weighted by Crippen LogP contribution is 2.42. The Bertz CT molecular complexity index is 1100. The molecule has 0 amide bonds. The van der Waals surface area contributed by atoms with Crippen molar-refractivity contribution in [3.05, 3.63) is 46.5 Å². The van der Waals surface area contributed by atoms with Crippen LogP contribution < -0.4 is 10.6 Å². The maximum Gasteiger partial charge on any atom is 0.200 e. The quantitative estimate of drug-likeness (QED) is 0.268. The number of rotatable bonds is 7. The van der Waals surface area contributed by atoms with Crippen LogP contribution in [0.3, 0.4) is 0 Å². The van der Waals surface area contributed by atoms with Crippen LogP contribution in [0.15, 0.2) is 24.3 Å². The number of ketones is 2. The van der Waals surface area contributed by atoms with Crippen molar-refractivity contribution in [2.45, 2.75) is 25.6 Å². The van der Waals surface area contributed by atoms with Crippen LogP contribution in [0.2, 0.25) is 0 Å². The first-order chi connectivity index (χ1) is 15.7. The van der Waals surface area contributed by atoms with E-state index in [9.17, 15) is 24.9 Å². The lowest BCUT2D eigenvalue weighted by atomic mass is 9.81. The number of fused-ring (bicyclic) bond motifs is 2. The van der Waals surface area contributed by atoms with E-state index < -0.39 is 11.6 Å². The third kappa shape index (κ3) is 4.27. The Hall–Kier alpha value is -3.14. The summed E-state index contributed by atoms with van der Waals surface area (Å²) in [4.78, 5) is 31.1. The minimum atomic E-state index is -0.521. The smallest absolute Gasteiger partial charge is 0.200 e. The standard InChI is InChI=1S/C24H30N4O5/c1-13(27(2)3)26-16-5-4-15(25-9-11-28-10-8-14(29)12-28)19-20(16)24(33)22-18(31)7-6-17(30)21(22)23(19)32/h4-7,13-14,25-26,29-31H,8-12H2,1-3H3. The van der Waals surface area contributed by atoms with Gasteiger partial charge in [-0.1, -0.05) is 0 Å². The topological polar surface area (TPSA) is 125 Å². The number of carbonyl (C=O) groups is 2. The van der Waals surface area contributed by atoms with Gasteiger partial charge in [-0.3, -0.25) is 19.4 Å². The summed E-state index contributed by atoms with van der Waals surface area (Å²) in [5.41, 5.74) is 0.937. The molecule has 176 valence electrons. The molecule has 1 saturated heterocycles. The average Bonchev–Trinajstić information content (AvgIpc) is 3.18. The predicted octanol–water partition coefficient (Wildman–Crippen LogP) is 1.67. The van der Waals surface area contributed by atoms with Gasteiger partial charge in [0.25, 0.3) is 0 Å². The molecular formula is C24H30N4O5. The van der Waals surface area contributed by atoms with Crippen molar-refractivity contribution in [3.8, 4) is 11.5 Å². The highest BCUT2D eigenvalue weighted by molar-refractivity contribution is 6.33. The largest absolute Gasteiger partial charge is 0.507 e. The monoisotopic (exact) mass is 454 g/mol. The van der Waals surface area contributed by atoms with Crippen LogP contribution in [0.4, 0.5) is 11.4 Å². The molecule has 2 aromatic rings. The zero-order valence-electron chi connectivity index (χ0n) is 19.1. The van der Waals surface area contributed by atoms with Gasteiger partial charge in [0.1, 0.15) is 11.5 Å². The van der Waals surface area contributed by atoms with Crippen LogP contribution in [0.5, 0.6) is 11.5 Å². The Morgan fingerprint density at radius 2 is 1.58 bits per heavy atom. The van der Waals surface area contributed by atoms with E-state index in [1.165, 1.54) is 12.1 Å². The molecule has 2 aromatic carbocycles. The number of aliphatic hydroxyl groups excluding tert-OH is 1. The number of hydrogen-bond acceptors (Lipinski definition) is 9. The highest BCUT2D eigenvalue weighted by atomic mass is 16.3. The molecule has 1 fully saturated rings. The number of nitrogens with zero attached hydrogens (tertiary/aromatic N) is 2. The van der Waals surface area contributed by atoms with Gasteiger partial charge in [0.2, 0.25) is 11.6 Å². The molecule has 2 atom stereocenters. The van der Waals surface area contributed by atoms with E-state index in [0.717, 1.165) is 13.0 Å². The third-order valence-corrected chi connectivity index (χ3v) is 6.40. The van der Waals surface area contributed by atoms with Gasteiger partial charge < -0.3 is 26.0 Å². The SMILES string of the molecule is CC(Nc1ccc(NCCN2CCC(O)C2)c2c1C(=O)c1c(O)ccc(O)c1C2=O)N(C)C. The Balaban J connectivity index is 1.74. The summed E-state index contributed by atoms with van der Waals surface area (Å²) in [6.07, 6.45) is 0.302. The van der Waals surface area contributed by atoms with Gasteiger partial charge in [0.15, 0.2) is 0 Å². The van der Waals surface area contributed by atoms with Crippen molar-refractivity contribution >= 4 is 22.9 Å². The molecule has 0 bridgehead atoms. The summed E-state index contributed by atoms with van der Waals surface area (Å²) in [5, 5.41) is 37.0. The van der Waals surface area contributed by atoms with Crippen molar-refractivity contribution in [1.29, 1.82) is 0 Å². The van der Waals surface area contributed by atoms with Crippen LogP contribution in [0, 0.1) is 0 Å². The Morgan fingerprint density at radius 3 is 2.12 bits per heavy atom. The van der Waals surface area contributed by atoms with Gasteiger partial charge in [-0.25, -0.2) is 0 Å². The molecule has 0 spiro atoms. The Kier molecular flexibility index (Phi) is 6.29. The molecule has 2 aliphatic rings. The molecule has 5 N–H and O–H groups in total. The number of benzene rings is 2. The van der Waals surface area contributed by atoms with E-state index in [1.54, 1.807) is 12.1 Å². The lowest BCUT2D eigenvalue weighted by molar-refractivity contribution is 0.0975. The third-order valence-electron chi connectivity index (χ3n) is 6.40. The lowest BCUT2D eigenvalue weighted by Crippen LogP contribution is -2.34. The number of nitrogens with one attached hydrogen (secondary N) is 2. The van der Waals surface area contributed by atoms with Gasteiger partial charge in [0.05, 0.1) is 34.5 Å². The second-order valence-corrected chi connectivity index (χ2v) is 8.88. The fraction of sp³-hybridized carbons (Fsp3) is 0.417. The number of aromatic hydroxyl groups is 2. The molecule has 0 saturated carbocycles.